The van der Waals surface area contributed by atoms with Crippen LogP contribution in [0.25, 0.3) is 0 Å². The molecule has 24 heavy (non-hydrogen) atoms. The van der Waals surface area contributed by atoms with Crippen LogP contribution in [0.2, 0.25) is 0 Å². The third kappa shape index (κ3) is 4.10. The van der Waals surface area contributed by atoms with Crippen LogP contribution < -0.4 is 5.32 Å². The first kappa shape index (κ1) is 16.4. The normalized spacial score (nSPS) is 15.0. The maximum absolute atomic E-state index is 12.5. The Hall–Kier alpha value is -2.43. The topological polar surface area (TPSA) is 58.1 Å². The summed E-state index contributed by atoms with van der Waals surface area (Å²) in [7, 11) is 0. The fourth-order valence-corrected chi connectivity index (χ4v) is 2.92. The molecule has 126 valence electrons. The van der Waals surface area contributed by atoms with Crippen molar-refractivity contribution in [3.8, 4) is 0 Å². The average Bonchev–Trinajstić information content (AvgIpc) is 2.92. The lowest BCUT2D eigenvalue weighted by Gasteiger charge is -2.19. The highest BCUT2D eigenvalue weighted by Gasteiger charge is 2.18. The highest BCUT2D eigenvalue weighted by atomic mass is 16.2. The van der Waals surface area contributed by atoms with E-state index in [4.69, 9.17) is 0 Å². The van der Waals surface area contributed by atoms with Gasteiger partial charge in [0.2, 0.25) is 0 Å². The molecule has 1 aromatic heterocycles. The van der Waals surface area contributed by atoms with E-state index < -0.39 is 0 Å². The molecular formula is C19H24N4O. The van der Waals surface area contributed by atoms with E-state index in [1.165, 1.54) is 18.4 Å². The lowest BCUT2D eigenvalue weighted by molar-refractivity contribution is 0.0754. The predicted octanol–water partition coefficient (Wildman–Crippen LogP) is 3.80. The molecule has 1 saturated heterocycles. The molecule has 5 nitrogen and oxygen atoms in total. The van der Waals surface area contributed by atoms with Gasteiger partial charge in [0.05, 0.1) is 0 Å². The minimum atomic E-state index is -0.0109. The number of benzene rings is 1. The fourth-order valence-electron chi connectivity index (χ4n) is 2.92. The van der Waals surface area contributed by atoms with Gasteiger partial charge in [0.15, 0.2) is 11.5 Å². The van der Waals surface area contributed by atoms with Crippen LogP contribution in [0.4, 0.5) is 11.5 Å². The number of hydrogen-bond acceptors (Lipinski definition) is 4. The average molecular weight is 324 g/mol. The zero-order chi connectivity index (χ0) is 16.8. The van der Waals surface area contributed by atoms with E-state index in [2.05, 4.69) is 34.6 Å². The maximum atomic E-state index is 12.5. The van der Waals surface area contributed by atoms with Crippen molar-refractivity contribution in [3.63, 3.8) is 0 Å². The summed E-state index contributed by atoms with van der Waals surface area (Å²) < 4.78 is 0. The maximum Gasteiger partial charge on any atom is 0.274 e. The number of hydrogen-bond donors (Lipinski definition) is 1. The van der Waals surface area contributed by atoms with Gasteiger partial charge in [-0.2, -0.15) is 0 Å². The van der Waals surface area contributed by atoms with Crippen molar-refractivity contribution in [2.45, 2.75) is 39.0 Å². The summed E-state index contributed by atoms with van der Waals surface area (Å²) in [6, 6.07) is 11.8. The minimum Gasteiger partial charge on any atom is -0.339 e. The molecule has 0 spiro atoms. The summed E-state index contributed by atoms with van der Waals surface area (Å²) in [4.78, 5) is 14.4. The van der Waals surface area contributed by atoms with E-state index >= 15 is 0 Å². The van der Waals surface area contributed by atoms with Crippen LogP contribution in [0.15, 0.2) is 36.4 Å². The van der Waals surface area contributed by atoms with E-state index in [0.29, 0.717) is 11.5 Å². The molecule has 2 aromatic rings. The molecule has 0 radical (unpaired) electrons. The van der Waals surface area contributed by atoms with Gasteiger partial charge < -0.3 is 10.2 Å². The molecule has 1 aromatic carbocycles. The minimum absolute atomic E-state index is 0.0109. The third-order valence-electron chi connectivity index (χ3n) is 4.41. The number of aryl methyl sites for hydroxylation is 1. The van der Waals surface area contributed by atoms with E-state index in [0.717, 1.165) is 38.0 Å². The number of likely N-dealkylation sites (tertiary alicyclic amines) is 1. The summed E-state index contributed by atoms with van der Waals surface area (Å²) in [6.07, 6.45) is 5.58. The number of anilines is 2. The van der Waals surface area contributed by atoms with E-state index in [1.807, 2.05) is 23.1 Å². The van der Waals surface area contributed by atoms with E-state index in [1.54, 1.807) is 6.07 Å². The Morgan fingerprint density at radius 2 is 1.71 bits per heavy atom. The molecule has 2 heterocycles. The quantitative estimate of drug-likeness (QED) is 0.929. The van der Waals surface area contributed by atoms with Crippen LogP contribution in [-0.4, -0.2) is 34.1 Å². The molecule has 1 aliphatic heterocycles. The summed E-state index contributed by atoms with van der Waals surface area (Å²) in [6.45, 7) is 3.78. The van der Waals surface area contributed by atoms with Gasteiger partial charge in [-0.25, -0.2) is 0 Å². The largest absolute Gasteiger partial charge is 0.339 e. The number of nitrogens with zero attached hydrogens (tertiary/aromatic N) is 3. The third-order valence-corrected chi connectivity index (χ3v) is 4.41. The molecule has 3 rings (SSSR count). The molecule has 0 atom stereocenters. The molecule has 1 fully saturated rings. The molecule has 1 N–H and O–H groups in total. The second-order valence-corrected chi connectivity index (χ2v) is 6.19. The smallest absolute Gasteiger partial charge is 0.274 e. The number of rotatable bonds is 4. The van der Waals surface area contributed by atoms with Crippen LogP contribution in [0, 0.1) is 0 Å². The summed E-state index contributed by atoms with van der Waals surface area (Å²) in [5.41, 5.74) is 2.68. The van der Waals surface area contributed by atoms with Gasteiger partial charge in [-0.1, -0.05) is 31.9 Å². The van der Waals surface area contributed by atoms with Crippen molar-refractivity contribution in [1.82, 2.24) is 15.1 Å². The first-order chi connectivity index (χ1) is 11.8. The zero-order valence-corrected chi connectivity index (χ0v) is 14.2. The van der Waals surface area contributed by atoms with Crippen molar-refractivity contribution < 1.29 is 4.79 Å². The van der Waals surface area contributed by atoms with Crippen LogP contribution in [0.3, 0.4) is 0 Å². The number of nitrogens with one attached hydrogen (secondary N) is 1. The Kier molecular flexibility index (Phi) is 5.41. The lowest BCUT2D eigenvalue weighted by atomic mass is 10.1. The molecule has 1 aliphatic rings. The van der Waals surface area contributed by atoms with Crippen molar-refractivity contribution in [3.05, 3.63) is 47.7 Å². The Morgan fingerprint density at radius 1 is 1.00 bits per heavy atom. The Bertz CT molecular complexity index is 659. The first-order valence-electron chi connectivity index (χ1n) is 8.75. The SMILES string of the molecule is CCc1ccc(Nc2ccc(C(=O)N3CCCCCC3)nn2)cc1. The van der Waals surface area contributed by atoms with Gasteiger partial charge in [-0.3, -0.25) is 4.79 Å². The predicted molar refractivity (Wildman–Crippen MR) is 95.5 cm³/mol. The van der Waals surface area contributed by atoms with Gasteiger partial charge in [0.1, 0.15) is 0 Å². The van der Waals surface area contributed by atoms with Crippen molar-refractivity contribution in [1.29, 1.82) is 0 Å². The van der Waals surface area contributed by atoms with Crippen LogP contribution >= 0.6 is 0 Å². The molecule has 0 unspecified atom stereocenters. The molecule has 0 bridgehead atoms. The van der Waals surface area contributed by atoms with Crippen molar-refractivity contribution in [2.24, 2.45) is 0 Å². The van der Waals surface area contributed by atoms with E-state index in [9.17, 15) is 4.79 Å². The van der Waals surface area contributed by atoms with E-state index in [-0.39, 0.29) is 5.91 Å². The van der Waals surface area contributed by atoms with Gasteiger partial charge >= 0.3 is 0 Å². The molecular weight excluding hydrogens is 300 g/mol. The number of carbonyl (C=O) groups excluding carboxylic acids is 1. The zero-order valence-electron chi connectivity index (χ0n) is 14.2. The van der Waals surface area contributed by atoms with Crippen LogP contribution in [0.1, 0.15) is 48.7 Å². The van der Waals surface area contributed by atoms with Gasteiger partial charge in [0.25, 0.3) is 5.91 Å². The Labute approximate surface area is 143 Å². The van der Waals surface area contributed by atoms with Crippen LogP contribution in [-0.2, 0) is 6.42 Å². The van der Waals surface area contributed by atoms with Gasteiger partial charge in [-0.05, 0) is 49.1 Å². The van der Waals surface area contributed by atoms with Crippen molar-refractivity contribution >= 4 is 17.4 Å². The Morgan fingerprint density at radius 3 is 2.29 bits per heavy atom. The van der Waals surface area contributed by atoms with Crippen molar-refractivity contribution in [2.75, 3.05) is 18.4 Å². The number of carbonyl (C=O) groups is 1. The molecule has 0 saturated carbocycles. The van der Waals surface area contributed by atoms with Gasteiger partial charge in [-0.15, -0.1) is 10.2 Å². The lowest BCUT2D eigenvalue weighted by Crippen LogP contribution is -2.32. The first-order valence-corrected chi connectivity index (χ1v) is 8.75. The summed E-state index contributed by atoms with van der Waals surface area (Å²) in [5, 5.41) is 11.5. The fraction of sp³-hybridized carbons (Fsp3) is 0.421. The summed E-state index contributed by atoms with van der Waals surface area (Å²) in [5.74, 6) is 0.634. The van der Waals surface area contributed by atoms with Crippen LogP contribution in [0.5, 0.6) is 0 Å². The highest BCUT2D eigenvalue weighted by Crippen LogP contribution is 2.16. The molecule has 1 amide bonds. The summed E-state index contributed by atoms with van der Waals surface area (Å²) >= 11 is 0. The molecule has 0 aliphatic carbocycles. The second-order valence-electron chi connectivity index (χ2n) is 6.19. The molecule has 5 heteroatoms. The highest BCUT2D eigenvalue weighted by molar-refractivity contribution is 5.92. The second kappa shape index (κ2) is 7.90. The number of amides is 1. The monoisotopic (exact) mass is 324 g/mol. The van der Waals surface area contributed by atoms with Gasteiger partial charge in [0, 0.05) is 18.8 Å². The standard InChI is InChI=1S/C19H24N4O/c1-2-15-7-9-16(10-8-15)20-18-12-11-17(21-22-18)19(24)23-13-5-3-4-6-14-23/h7-12H,2-6,13-14H2,1H3,(H,20,22). The Balaban J connectivity index is 1.64. The number of aromatic nitrogens is 2.